The highest BCUT2D eigenvalue weighted by Crippen LogP contribution is 2.22. The smallest absolute Gasteiger partial charge is 0.337 e. The molecular weight excluding hydrogens is 311 g/mol. The first-order valence-electron chi connectivity index (χ1n) is 7.33. The first-order valence-corrected chi connectivity index (χ1v) is 7.33. The maximum absolute atomic E-state index is 13.4. The van der Waals surface area contributed by atoms with Gasteiger partial charge in [0.25, 0.3) is 0 Å². The van der Waals surface area contributed by atoms with Gasteiger partial charge >= 0.3 is 5.97 Å². The molecule has 24 heavy (non-hydrogen) atoms. The van der Waals surface area contributed by atoms with Gasteiger partial charge in [0.05, 0.1) is 17.7 Å². The summed E-state index contributed by atoms with van der Waals surface area (Å²) in [6.45, 7) is 1.81. The van der Waals surface area contributed by atoms with Crippen LogP contribution in [0.15, 0.2) is 42.6 Å². The van der Waals surface area contributed by atoms with Crippen LogP contribution in [0.5, 0.6) is 0 Å². The fraction of sp³-hybridized carbons (Fsp3) is 0.111. The summed E-state index contributed by atoms with van der Waals surface area (Å²) < 4.78 is 13.4. The van der Waals surface area contributed by atoms with Crippen molar-refractivity contribution < 1.29 is 19.1 Å². The van der Waals surface area contributed by atoms with Gasteiger partial charge < -0.3 is 15.4 Å². The van der Waals surface area contributed by atoms with Crippen molar-refractivity contribution in [2.45, 2.75) is 13.3 Å². The normalized spacial score (nSPS) is 10.8. The number of hydrogen-bond acceptors (Lipinski definition) is 2. The first kappa shape index (κ1) is 15.7. The van der Waals surface area contributed by atoms with Gasteiger partial charge in [-0.25, -0.2) is 9.18 Å². The fourth-order valence-electron chi connectivity index (χ4n) is 2.61. The van der Waals surface area contributed by atoms with Crippen molar-refractivity contribution in [3.05, 3.63) is 65.1 Å². The van der Waals surface area contributed by atoms with Crippen LogP contribution < -0.4 is 5.32 Å². The van der Waals surface area contributed by atoms with Crippen molar-refractivity contribution in [1.82, 2.24) is 4.98 Å². The Morgan fingerprint density at radius 3 is 2.75 bits per heavy atom. The van der Waals surface area contributed by atoms with Gasteiger partial charge in [0.15, 0.2) is 0 Å². The van der Waals surface area contributed by atoms with Crippen LogP contribution in [-0.4, -0.2) is 22.0 Å². The van der Waals surface area contributed by atoms with Crippen LogP contribution >= 0.6 is 0 Å². The molecule has 0 radical (unpaired) electrons. The molecule has 5 nitrogen and oxygen atoms in total. The maximum atomic E-state index is 13.4. The molecule has 0 aliphatic rings. The molecule has 3 N–H and O–H groups in total. The third kappa shape index (κ3) is 3.12. The number of benzene rings is 2. The Hall–Kier alpha value is -3.15. The average Bonchev–Trinajstić information content (AvgIpc) is 2.89. The summed E-state index contributed by atoms with van der Waals surface area (Å²) in [7, 11) is 0. The Balaban J connectivity index is 1.84. The zero-order chi connectivity index (χ0) is 17.3. The number of fused-ring (bicyclic) bond motifs is 1. The van der Waals surface area contributed by atoms with Crippen LogP contribution in [0.4, 0.5) is 10.1 Å². The summed E-state index contributed by atoms with van der Waals surface area (Å²) in [6, 6.07) is 9.04. The highest BCUT2D eigenvalue weighted by Gasteiger charge is 2.14. The second kappa shape index (κ2) is 6.16. The SMILES string of the molecule is Cc1ccc(C(=O)O)c(NC(=O)Cc2c[nH]c3ccc(F)cc23)c1. The number of carbonyl (C=O) groups excluding carboxylic acids is 1. The van der Waals surface area contributed by atoms with Gasteiger partial charge in [-0.15, -0.1) is 0 Å². The molecular formula is C18H15FN2O3. The summed E-state index contributed by atoms with van der Waals surface area (Å²) in [5, 5.41) is 12.5. The van der Waals surface area contributed by atoms with Gasteiger partial charge in [-0.3, -0.25) is 4.79 Å². The molecule has 0 spiro atoms. The van der Waals surface area contributed by atoms with E-state index in [0.717, 1.165) is 11.1 Å². The standard InChI is InChI=1S/C18H15FN2O3/c1-10-2-4-13(18(23)24)16(6-10)21-17(22)7-11-9-20-15-5-3-12(19)8-14(11)15/h2-6,8-9,20H,7H2,1H3,(H,21,22)(H,23,24). The number of carbonyl (C=O) groups is 2. The maximum Gasteiger partial charge on any atom is 0.337 e. The molecule has 0 aliphatic heterocycles. The molecule has 1 amide bonds. The molecule has 1 aromatic heterocycles. The van der Waals surface area contributed by atoms with Crippen LogP contribution in [0.2, 0.25) is 0 Å². The Morgan fingerprint density at radius 1 is 1.21 bits per heavy atom. The third-order valence-corrected chi connectivity index (χ3v) is 3.76. The molecule has 0 saturated carbocycles. The van der Waals surface area contributed by atoms with E-state index in [9.17, 15) is 19.1 Å². The number of carboxylic acids is 1. The molecule has 0 atom stereocenters. The Labute approximate surface area is 137 Å². The zero-order valence-electron chi connectivity index (χ0n) is 12.9. The average molecular weight is 326 g/mol. The van der Waals surface area contributed by atoms with Gasteiger partial charge in [-0.1, -0.05) is 6.07 Å². The Morgan fingerprint density at radius 2 is 2.00 bits per heavy atom. The molecule has 3 aromatic rings. The predicted octanol–water partition coefficient (Wildman–Crippen LogP) is 3.49. The van der Waals surface area contributed by atoms with Gasteiger partial charge in [0.2, 0.25) is 5.91 Å². The van der Waals surface area contributed by atoms with E-state index >= 15 is 0 Å². The van der Waals surface area contributed by atoms with Crippen LogP contribution in [0, 0.1) is 12.7 Å². The molecule has 1 heterocycles. The fourth-order valence-corrected chi connectivity index (χ4v) is 2.61. The molecule has 3 rings (SSSR count). The minimum Gasteiger partial charge on any atom is -0.478 e. The van der Waals surface area contributed by atoms with E-state index < -0.39 is 5.97 Å². The highest BCUT2D eigenvalue weighted by molar-refractivity contribution is 6.02. The first-order chi connectivity index (χ1) is 11.4. The largest absolute Gasteiger partial charge is 0.478 e. The number of aromatic amines is 1. The number of aryl methyl sites for hydroxylation is 1. The number of aromatic nitrogens is 1. The van der Waals surface area contributed by atoms with Gasteiger partial charge in [-0.2, -0.15) is 0 Å². The number of H-pyrrole nitrogens is 1. The third-order valence-electron chi connectivity index (χ3n) is 3.76. The molecule has 0 aliphatic carbocycles. The van der Waals surface area contributed by atoms with E-state index in [1.54, 1.807) is 24.4 Å². The van der Waals surface area contributed by atoms with Gasteiger partial charge in [0.1, 0.15) is 5.82 Å². The summed E-state index contributed by atoms with van der Waals surface area (Å²) in [5.74, 6) is -1.86. The lowest BCUT2D eigenvalue weighted by Gasteiger charge is -2.09. The lowest BCUT2D eigenvalue weighted by Crippen LogP contribution is -2.16. The van der Waals surface area contributed by atoms with Crippen molar-refractivity contribution in [2.24, 2.45) is 0 Å². The number of anilines is 1. The topological polar surface area (TPSA) is 82.2 Å². The van der Waals surface area contributed by atoms with Crippen molar-refractivity contribution >= 4 is 28.5 Å². The minimum absolute atomic E-state index is 0.0104. The minimum atomic E-state index is -1.11. The molecule has 0 saturated heterocycles. The lowest BCUT2D eigenvalue weighted by molar-refractivity contribution is -0.115. The van der Waals surface area contributed by atoms with Crippen molar-refractivity contribution in [1.29, 1.82) is 0 Å². The molecule has 2 aromatic carbocycles. The summed E-state index contributed by atoms with van der Waals surface area (Å²) in [5.41, 5.74) is 2.49. The number of aromatic carboxylic acids is 1. The van der Waals surface area contributed by atoms with Gasteiger partial charge in [0, 0.05) is 17.1 Å². The molecule has 6 heteroatoms. The van der Waals surface area contributed by atoms with Crippen LogP contribution in [-0.2, 0) is 11.2 Å². The predicted molar refractivity (Wildman–Crippen MR) is 88.7 cm³/mol. The van der Waals surface area contributed by atoms with Crippen molar-refractivity contribution in [3.63, 3.8) is 0 Å². The molecule has 0 fully saturated rings. The number of rotatable bonds is 4. The monoisotopic (exact) mass is 326 g/mol. The number of amides is 1. The van der Waals surface area contributed by atoms with E-state index in [1.807, 2.05) is 6.92 Å². The van der Waals surface area contributed by atoms with Gasteiger partial charge in [-0.05, 0) is 48.4 Å². The summed E-state index contributed by atoms with van der Waals surface area (Å²) in [6.07, 6.45) is 1.66. The second-order valence-corrected chi connectivity index (χ2v) is 5.58. The zero-order valence-corrected chi connectivity index (χ0v) is 12.9. The Bertz CT molecular complexity index is 947. The van der Waals surface area contributed by atoms with E-state index in [2.05, 4.69) is 10.3 Å². The van der Waals surface area contributed by atoms with Crippen molar-refractivity contribution in [2.75, 3.05) is 5.32 Å². The molecule has 0 unspecified atom stereocenters. The van der Waals surface area contributed by atoms with E-state index in [-0.39, 0.29) is 29.4 Å². The van der Waals surface area contributed by atoms with E-state index in [1.165, 1.54) is 18.2 Å². The number of nitrogens with one attached hydrogen (secondary N) is 2. The van der Waals surface area contributed by atoms with E-state index in [4.69, 9.17) is 0 Å². The van der Waals surface area contributed by atoms with Crippen LogP contribution in [0.3, 0.4) is 0 Å². The second-order valence-electron chi connectivity index (χ2n) is 5.58. The lowest BCUT2D eigenvalue weighted by atomic mass is 10.1. The highest BCUT2D eigenvalue weighted by atomic mass is 19.1. The van der Waals surface area contributed by atoms with E-state index in [0.29, 0.717) is 10.9 Å². The molecule has 122 valence electrons. The number of hydrogen-bond donors (Lipinski definition) is 3. The quantitative estimate of drug-likeness (QED) is 0.686. The Kier molecular flexibility index (Phi) is 4.04. The molecule has 0 bridgehead atoms. The van der Waals surface area contributed by atoms with Crippen molar-refractivity contribution in [3.8, 4) is 0 Å². The summed E-state index contributed by atoms with van der Waals surface area (Å²) in [4.78, 5) is 26.5. The number of carboxylic acid groups (broad SMARTS) is 1. The summed E-state index contributed by atoms with van der Waals surface area (Å²) >= 11 is 0. The number of halogens is 1. The van der Waals surface area contributed by atoms with Crippen LogP contribution in [0.25, 0.3) is 10.9 Å². The van der Waals surface area contributed by atoms with Crippen LogP contribution in [0.1, 0.15) is 21.5 Å².